The van der Waals surface area contributed by atoms with Gasteiger partial charge in [-0.2, -0.15) is 8.42 Å². The summed E-state index contributed by atoms with van der Waals surface area (Å²) < 4.78 is 33.0. The van der Waals surface area contributed by atoms with Gasteiger partial charge in [0.1, 0.15) is 11.5 Å². The zero-order chi connectivity index (χ0) is 23.7. The Labute approximate surface area is 196 Å². The summed E-state index contributed by atoms with van der Waals surface area (Å²) in [6, 6.07) is 18.1. The number of hydrogen-bond acceptors (Lipinski definition) is 5. The SMILES string of the molecule is CCCCCCc1ccc(C(=O)N(Cc2ccc(OS(C)(=O)=O)cc2)Cc2ccco2)cc1. The molecule has 0 spiro atoms. The summed E-state index contributed by atoms with van der Waals surface area (Å²) >= 11 is 0. The Morgan fingerprint density at radius 3 is 2.21 bits per heavy atom. The molecule has 1 aromatic heterocycles. The van der Waals surface area contributed by atoms with E-state index in [1.807, 2.05) is 30.3 Å². The first-order valence-corrected chi connectivity index (χ1v) is 13.0. The summed E-state index contributed by atoms with van der Waals surface area (Å²) in [6.07, 6.45) is 8.45. The normalized spacial score (nSPS) is 11.3. The van der Waals surface area contributed by atoms with Gasteiger partial charge in [0.15, 0.2) is 0 Å². The monoisotopic (exact) mass is 469 g/mol. The maximum absolute atomic E-state index is 13.3. The van der Waals surface area contributed by atoms with Crippen molar-refractivity contribution < 1.29 is 21.8 Å². The van der Waals surface area contributed by atoms with Crippen LogP contribution in [0.15, 0.2) is 71.3 Å². The van der Waals surface area contributed by atoms with E-state index in [1.54, 1.807) is 41.5 Å². The summed E-state index contributed by atoms with van der Waals surface area (Å²) in [5.41, 5.74) is 2.71. The van der Waals surface area contributed by atoms with Crippen LogP contribution in [-0.4, -0.2) is 25.5 Å². The molecule has 0 fully saturated rings. The van der Waals surface area contributed by atoms with Crippen molar-refractivity contribution in [1.82, 2.24) is 4.90 Å². The molecular weight excluding hydrogens is 438 g/mol. The quantitative estimate of drug-likeness (QED) is 0.255. The number of unbranched alkanes of at least 4 members (excludes halogenated alkanes) is 3. The van der Waals surface area contributed by atoms with E-state index in [-0.39, 0.29) is 11.7 Å². The maximum atomic E-state index is 13.3. The van der Waals surface area contributed by atoms with E-state index in [1.165, 1.54) is 24.8 Å². The van der Waals surface area contributed by atoms with Crippen molar-refractivity contribution in [2.75, 3.05) is 6.26 Å². The number of amides is 1. The van der Waals surface area contributed by atoms with E-state index in [0.717, 1.165) is 24.7 Å². The van der Waals surface area contributed by atoms with Crippen molar-refractivity contribution >= 4 is 16.0 Å². The van der Waals surface area contributed by atoms with Gasteiger partial charge in [0, 0.05) is 12.1 Å². The van der Waals surface area contributed by atoms with Crippen molar-refractivity contribution in [3.05, 3.63) is 89.4 Å². The molecule has 176 valence electrons. The van der Waals surface area contributed by atoms with Gasteiger partial charge in [-0.15, -0.1) is 0 Å². The second-order valence-corrected chi connectivity index (χ2v) is 9.75. The predicted octanol–water partition coefficient (Wildman–Crippen LogP) is 5.58. The van der Waals surface area contributed by atoms with Crippen LogP contribution in [0.1, 0.15) is 59.9 Å². The number of furan rings is 1. The molecule has 0 atom stereocenters. The molecule has 0 N–H and O–H groups in total. The van der Waals surface area contributed by atoms with Gasteiger partial charge in [-0.25, -0.2) is 0 Å². The fourth-order valence-electron chi connectivity index (χ4n) is 3.59. The molecule has 7 heteroatoms. The van der Waals surface area contributed by atoms with Crippen LogP contribution in [0.5, 0.6) is 5.75 Å². The van der Waals surface area contributed by atoms with Crippen LogP contribution in [0.3, 0.4) is 0 Å². The topological polar surface area (TPSA) is 76.8 Å². The lowest BCUT2D eigenvalue weighted by Crippen LogP contribution is -2.30. The molecule has 1 amide bonds. The molecule has 33 heavy (non-hydrogen) atoms. The van der Waals surface area contributed by atoms with E-state index >= 15 is 0 Å². The van der Waals surface area contributed by atoms with Crippen molar-refractivity contribution in [2.45, 2.75) is 52.1 Å². The Balaban J connectivity index is 1.71. The van der Waals surface area contributed by atoms with E-state index < -0.39 is 10.1 Å². The van der Waals surface area contributed by atoms with Crippen molar-refractivity contribution in [2.24, 2.45) is 0 Å². The Morgan fingerprint density at radius 2 is 1.61 bits per heavy atom. The molecule has 0 aliphatic carbocycles. The first-order chi connectivity index (χ1) is 15.8. The number of rotatable bonds is 12. The molecule has 0 aliphatic rings. The highest BCUT2D eigenvalue weighted by atomic mass is 32.2. The molecule has 0 bridgehead atoms. The van der Waals surface area contributed by atoms with Crippen molar-refractivity contribution in [3.8, 4) is 5.75 Å². The fraction of sp³-hybridized carbons (Fsp3) is 0.346. The minimum absolute atomic E-state index is 0.0969. The van der Waals surface area contributed by atoms with Crippen LogP contribution in [0.4, 0.5) is 0 Å². The van der Waals surface area contributed by atoms with Crippen LogP contribution < -0.4 is 4.18 Å². The van der Waals surface area contributed by atoms with Gasteiger partial charge in [-0.1, -0.05) is 50.5 Å². The summed E-state index contributed by atoms with van der Waals surface area (Å²) in [6.45, 7) is 2.87. The second kappa shape index (κ2) is 11.7. The molecule has 3 rings (SSSR count). The van der Waals surface area contributed by atoms with E-state index in [2.05, 4.69) is 6.92 Å². The molecule has 2 aromatic carbocycles. The standard InChI is InChI=1S/C26H31NO5S/c1-3-4-5-6-8-21-10-14-23(15-11-21)26(28)27(20-25-9-7-18-31-25)19-22-12-16-24(17-13-22)32-33(2,29)30/h7,9-18H,3-6,8,19-20H2,1-2H3. The Kier molecular flexibility index (Phi) is 8.72. The van der Waals surface area contributed by atoms with Crippen molar-refractivity contribution in [3.63, 3.8) is 0 Å². The average molecular weight is 470 g/mol. The minimum Gasteiger partial charge on any atom is -0.467 e. The van der Waals surface area contributed by atoms with Gasteiger partial charge < -0.3 is 13.5 Å². The number of carbonyl (C=O) groups is 1. The number of carbonyl (C=O) groups excluding carboxylic acids is 1. The molecule has 0 radical (unpaired) electrons. The third kappa shape index (κ3) is 8.09. The molecule has 0 aliphatic heterocycles. The van der Waals surface area contributed by atoms with E-state index in [9.17, 15) is 13.2 Å². The molecule has 1 heterocycles. The third-order valence-electron chi connectivity index (χ3n) is 5.28. The molecule has 6 nitrogen and oxygen atoms in total. The highest BCUT2D eigenvalue weighted by Gasteiger charge is 2.18. The van der Waals surface area contributed by atoms with Gasteiger partial charge >= 0.3 is 10.1 Å². The molecule has 0 saturated heterocycles. The van der Waals surface area contributed by atoms with Gasteiger partial charge in [-0.3, -0.25) is 4.79 Å². The van der Waals surface area contributed by atoms with Crippen molar-refractivity contribution in [1.29, 1.82) is 0 Å². The lowest BCUT2D eigenvalue weighted by Gasteiger charge is -2.22. The lowest BCUT2D eigenvalue weighted by molar-refractivity contribution is 0.0717. The molecular formula is C26H31NO5S. The molecule has 3 aromatic rings. The zero-order valence-electron chi connectivity index (χ0n) is 19.2. The van der Waals surface area contributed by atoms with Gasteiger partial charge in [0.05, 0.1) is 19.1 Å². The molecule has 0 saturated carbocycles. The fourth-order valence-corrected chi connectivity index (χ4v) is 4.05. The maximum Gasteiger partial charge on any atom is 0.306 e. The minimum atomic E-state index is -3.59. The summed E-state index contributed by atoms with van der Waals surface area (Å²) in [5.74, 6) is 0.827. The van der Waals surface area contributed by atoms with Crippen LogP contribution in [0.2, 0.25) is 0 Å². The smallest absolute Gasteiger partial charge is 0.306 e. The van der Waals surface area contributed by atoms with Gasteiger partial charge in [0.2, 0.25) is 0 Å². The van der Waals surface area contributed by atoms with Crippen LogP contribution in [0.25, 0.3) is 0 Å². The summed E-state index contributed by atoms with van der Waals surface area (Å²) in [5, 5.41) is 0. The lowest BCUT2D eigenvalue weighted by atomic mass is 10.0. The number of nitrogens with zero attached hydrogens (tertiary/aromatic N) is 1. The predicted molar refractivity (Wildman–Crippen MR) is 128 cm³/mol. The second-order valence-electron chi connectivity index (χ2n) is 8.18. The van der Waals surface area contributed by atoms with E-state index in [4.69, 9.17) is 8.60 Å². The largest absolute Gasteiger partial charge is 0.467 e. The first-order valence-electron chi connectivity index (χ1n) is 11.2. The van der Waals surface area contributed by atoms with Crippen LogP contribution >= 0.6 is 0 Å². The average Bonchev–Trinajstić information content (AvgIpc) is 3.30. The Bertz CT molecular complexity index is 1100. The van der Waals surface area contributed by atoms with Crippen LogP contribution in [-0.2, 0) is 29.6 Å². The molecule has 0 unspecified atom stereocenters. The van der Waals surface area contributed by atoms with Crippen LogP contribution in [0, 0.1) is 0 Å². The summed E-state index contributed by atoms with van der Waals surface area (Å²) in [4.78, 5) is 15.0. The number of hydrogen-bond donors (Lipinski definition) is 0. The number of benzene rings is 2. The first kappa shape index (κ1) is 24.6. The highest BCUT2D eigenvalue weighted by Crippen LogP contribution is 2.19. The highest BCUT2D eigenvalue weighted by molar-refractivity contribution is 7.86. The van der Waals surface area contributed by atoms with E-state index in [0.29, 0.717) is 24.4 Å². The Hall–Kier alpha value is -3.06. The third-order valence-corrected chi connectivity index (χ3v) is 5.77. The zero-order valence-corrected chi connectivity index (χ0v) is 20.0. The Morgan fingerprint density at radius 1 is 0.909 bits per heavy atom. The van der Waals surface area contributed by atoms with Gasteiger partial charge in [-0.05, 0) is 60.4 Å². The number of aryl methyl sites for hydroxylation is 1. The summed E-state index contributed by atoms with van der Waals surface area (Å²) in [7, 11) is -3.59. The van der Waals surface area contributed by atoms with Gasteiger partial charge in [0.25, 0.3) is 5.91 Å².